The van der Waals surface area contributed by atoms with Gasteiger partial charge in [0.2, 0.25) is 5.91 Å². The van der Waals surface area contributed by atoms with E-state index in [0.717, 1.165) is 30.8 Å². The van der Waals surface area contributed by atoms with Crippen LogP contribution in [0.5, 0.6) is 0 Å². The van der Waals surface area contributed by atoms with Gasteiger partial charge in [0.05, 0.1) is 6.61 Å². The lowest BCUT2D eigenvalue weighted by molar-refractivity contribution is -0.121. The van der Waals surface area contributed by atoms with Crippen molar-refractivity contribution in [2.75, 3.05) is 33.4 Å². The fourth-order valence-electron chi connectivity index (χ4n) is 3.00. The molecule has 0 spiro atoms. The van der Waals surface area contributed by atoms with Gasteiger partial charge in [-0.3, -0.25) is 4.79 Å². The summed E-state index contributed by atoms with van der Waals surface area (Å²) < 4.78 is 4.88. The minimum absolute atomic E-state index is 0.104. The Morgan fingerprint density at radius 3 is 2.89 bits per heavy atom. The first-order valence-electron chi connectivity index (χ1n) is 6.94. The van der Waals surface area contributed by atoms with E-state index < -0.39 is 0 Å². The van der Waals surface area contributed by atoms with Gasteiger partial charge in [-0.15, -0.1) is 0 Å². The zero-order valence-corrected chi connectivity index (χ0v) is 11.2. The van der Waals surface area contributed by atoms with E-state index in [1.54, 1.807) is 7.11 Å². The molecule has 18 heavy (non-hydrogen) atoms. The van der Waals surface area contributed by atoms with Gasteiger partial charge in [-0.25, -0.2) is 0 Å². The van der Waals surface area contributed by atoms with Gasteiger partial charge in [0.1, 0.15) is 0 Å². The maximum Gasteiger partial charge on any atom is 0.221 e. The summed E-state index contributed by atoms with van der Waals surface area (Å²) in [6.45, 7) is 3.01. The lowest BCUT2D eigenvalue weighted by atomic mass is 9.94. The largest absolute Gasteiger partial charge is 0.383 e. The van der Waals surface area contributed by atoms with E-state index in [4.69, 9.17) is 4.74 Å². The fraction of sp³-hybridized carbons (Fsp3) is 0.786. The average Bonchev–Trinajstić information content (AvgIpc) is 2.97. The molecule has 0 aromatic rings. The van der Waals surface area contributed by atoms with Crippen molar-refractivity contribution in [3.63, 3.8) is 0 Å². The second kappa shape index (κ2) is 6.90. The molecule has 2 N–H and O–H groups in total. The molecular formula is C14H24N2O2. The Hall–Kier alpha value is -0.870. The van der Waals surface area contributed by atoms with E-state index in [1.807, 2.05) is 0 Å². The number of rotatable bonds is 8. The van der Waals surface area contributed by atoms with Gasteiger partial charge in [-0.05, 0) is 37.1 Å². The normalized spacial score (nSPS) is 28.8. The molecule has 4 heteroatoms. The van der Waals surface area contributed by atoms with Crippen molar-refractivity contribution in [2.45, 2.75) is 19.3 Å². The van der Waals surface area contributed by atoms with E-state index in [1.165, 1.54) is 12.8 Å². The van der Waals surface area contributed by atoms with Crippen molar-refractivity contribution in [1.29, 1.82) is 0 Å². The number of hydrogen-bond acceptors (Lipinski definition) is 3. The summed E-state index contributed by atoms with van der Waals surface area (Å²) in [5.41, 5.74) is 0. The highest BCUT2D eigenvalue weighted by Gasteiger charge is 2.34. The topological polar surface area (TPSA) is 50.4 Å². The number of amides is 1. The molecule has 0 aliphatic heterocycles. The Labute approximate surface area is 109 Å². The summed E-state index contributed by atoms with van der Waals surface area (Å²) in [7, 11) is 1.64. The van der Waals surface area contributed by atoms with Crippen LogP contribution in [0.1, 0.15) is 19.3 Å². The SMILES string of the molecule is COCCNC(=O)CCNCC1CC2C=CC1C2. The van der Waals surface area contributed by atoms with Crippen molar-refractivity contribution < 1.29 is 9.53 Å². The Bertz CT molecular complexity index is 304. The first-order valence-corrected chi connectivity index (χ1v) is 6.94. The number of carbonyl (C=O) groups excluding carboxylic acids is 1. The zero-order valence-electron chi connectivity index (χ0n) is 11.2. The molecule has 0 aromatic heterocycles. The van der Waals surface area contributed by atoms with Crippen LogP contribution in [0.4, 0.5) is 0 Å². The number of hydrogen-bond donors (Lipinski definition) is 2. The molecule has 3 atom stereocenters. The summed E-state index contributed by atoms with van der Waals surface area (Å²) >= 11 is 0. The average molecular weight is 252 g/mol. The minimum atomic E-state index is 0.104. The van der Waals surface area contributed by atoms with Gasteiger partial charge in [-0.1, -0.05) is 12.2 Å². The van der Waals surface area contributed by atoms with Crippen LogP contribution in [-0.2, 0) is 9.53 Å². The van der Waals surface area contributed by atoms with Gasteiger partial charge in [-0.2, -0.15) is 0 Å². The van der Waals surface area contributed by atoms with Crippen molar-refractivity contribution in [1.82, 2.24) is 10.6 Å². The summed E-state index contributed by atoms with van der Waals surface area (Å²) in [4.78, 5) is 11.4. The van der Waals surface area contributed by atoms with Crippen molar-refractivity contribution in [3.05, 3.63) is 12.2 Å². The van der Waals surface area contributed by atoms with Gasteiger partial charge in [0.15, 0.2) is 0 Å². The first-order chi connectivity index (χ1) is 8.79. The number of fused-ring (bicyclic) bond motifs is 2. The lowest BCUT2D eigenvalue weighted by Gasteiger charge is -2.18. The second-order valence-electron chi connectivity index (χ2n) is 5.34. The number of carbonyl (C=O) groups is 1. The molecule has 2 aliphatic rings. The van der Waals surface area contributed by atoms with Gasteiger partial charge in [0.25, 0.3) is 0 Å². The first kappa shape index (κ1) is 13.6. The van der Waals surface area contributed by atoms with Crippen LogP contribution >= 0.6 is 0 Å². The summed E-state index contributed by atoms with van der Waals surface area (Å²) in [6.07, 6.45) is 7.97. The van der Waals surface area contributed by atoms with E-state index >= 15 is 0 Å². The Morgan fingerprint density at radius 1 is 1.33 bits per heavy atom. The predicted molar refractivity (Wildman–Crippen MR) is 71.2 cm³/mol. The molecule has 0 heterocycles. The molecule has 102 valence electrons. The fourth-order valence-corrected chi connectivity index (χ4v) is 3.00. The Kier molecular flexibility index (Phi) is 5.20. The van der Waals surface area contributed by atoms with Crippen LogP contribution < -0.4 is 10.6 Å². The van der Waals surface area contributed by atoms with Crippen molar-refractivity contribution in [2.24, 2.45) is 17.8 Å². The number of allylic oxidation sites excluding steroid dienone is 2. The molecule has 1 fully saturated rings. The van der Waals surface area contributed by atoms with E-state index in [-0.39, 0.29) is 5.91 Å². The molecule has 1 saturated carbocycles. The van der Waals surface area contributed by atoms with E-state index in [9.17, 15) is 4.79 Å². The molecule has 4 nitrogen and oxygen atoms in total. The smallest absolute Gasteiger partial charge is 0.221 e. The van der Waals surface area contributed by atoms with Crippen LogP contribution in [0.2, 0.25) is 0 Å². The summed E-state index contributed by atoms with van der Waals surface area (Å²) in [5.74, 6) is 2.51. The number of ether oxygens (including phenoxy) is 1. The van der Waals surface area contributed by atoms with E-state index in [0.29, 0.717) is 19.6 Å². The monoisotopic (exact) mass is 252 g/mol. The predicted octanol–water partition coefficient (Wildman–Crippen LogP) is 0.941. The van der Waals surface area contributed by atoms with E-state index in [2.05, 4.69) is 22.8 Å². The highest BCUT2D eigenvalue weighted by molar-refractivity contribution is 5.75. The zero-order chi connectivity index (χ0) is 12.8. The summed E-state index contributed by atoms with van der Waals surface area (Å²) in [5, 5.41) is 6.23. The van der Waals surface area contributed by atoms with Crippen LogP contribution in [0.3, 0.4) is 0 Å². The third kappa shape index (κ3) is 3.82. The molecule has 1 amide bonds. The molecule has 0 radical (unpaired) electrons. The maximum absolute atomic E-state index is 11.4. The van der Waals surface area contributed by atoms with Crippen molar-refractivity contribution in [3.8, 4) is 0 Å². The van der Waals surface area contributed by atoms with Gasteiger partial charge in [0, 0.05) is 26.6 Å². The number of nitrogens with one attached hydrogen (secondary N) is 2. The molecule has 2 aliphatic carbocycles. The lowest BCUT2D eigenvalue weighted by Crippen LogP contribution is -2.32. The second-order valence-corrected chi connectivity index (χ2v) is 5.34. The molecule has 2 bridgehead atoms. The molecule has 2 rings (SSSR count). The minimum Gasteiger partial charge on any atom is -0.383 e. The highest BCUT2D eigenvalue weighted by atomic mass is 16.5. The van der Waals surface area contributed by atoms with Gasteiger partial charge < -0.3 is 15.4 Å². The number of methoxy groups -OCH3 is 1. The standard InChI is InChI=1S/C14H24N2O2/c1-18-7-6-16-14(17)4-5-15-10-13-9-11-2-3-12(13)8-11/h2-3,11-13,15H,4-10H2,1H3,(H,16,17). The molecule has 3 unspecified atom stereocenters. The van der Waals surface area contributed by atoms with Crippen molar-refractivity contribution >= 4 is 5.91 Å². The molecular weight excluding hydrogens is 228 g/mol. The van der Waals surface area contributed by atoms with Crippen LogP contribution in [0.15, 0.2) is 12.2 Å². The Balaban J connectivity index is 1.49. The highest BCUT2D eigenvalue weighted by Crippen LogP contribution is 2.42. The third-order valence-corrected chi connectivity index (χ3v) is 3.98. The van der Waals surface area contributed by atoms with Crippen LogP contribution in [-0.4, -0.2) is 39.3 Å². The maximum atomic E-state index is 11.4. The molecule has 0 aromatic carbocycles. The Morgan fingerprint density at radius 2 is 2.22 bits per heavy atom. The molecule has 0 saturated heterocycles. The quantitative estimate of drug-likeness (QED) is 0.499. The summed E-state index contributed by atoms with van der Waals surface area (Å²) in [6, 6.07) is 0. The third-order valence-electron chi connectivity index (χ3n) is 3.98. The van der Waals surface area contributed by atoms with Crippen LogP contribution in [0, 0.1) is 17.8 Å². The van der Waals surface area contributed by atoms with Gasteiger partial charge >= 0.3 is 0 Å². The van der Waals surface area contributed by atoms with Crippen LogP contribution in [0.25, 0.3) is 0 Å².